The fourth-order valence-electron chi connectivity index (χ4n) is 3.81. The Morgan fingerprint density at radius 2 is 1.71 bits per heavy atom. The van der Waals surface area contributed by atoms with E-state index in [9.17, 15) is 23.1 Å². The van der Waals surface area contributed by atoms with Crippen LogP contribution in [0.3, 0.4) is 0 Å². The normalized spacial score (nSPS) is 11.8. The highest BCUT2D eigenvalue weighted by Gasteiger charge is 2.29. The molecule has 0 atom stereocenters. The van der Waals surface area contributed by atoms with Gasteiger partial charge in [0.2, 0.25) is 0 Å². The van der Waals surface area contributed by atoms with Gasteiger partial charge < -0.3 is 9.84 Å². The minimum Gasteiger partial charge on any atom is -0.480 e. The number of sulfonamides is 1. The van der Waals surface area contributed by atoms with Crippen LogP contribution in [0.25, 0.3) is 5.69 Å². The summed E-state index contributed by atoms with van der Waals surface area (Å²) in [7, 11) is -4.08. The third-order valence-electron chi connectivity index (χ3n) is 5.62. The number of ether oxygens (including phenoxy) is 1. The molecule has 0 unspecified atom stereocenters. The second-order valence-electron chi connectivity index (χ2n) is 10.0. The van der Waals surface area contributed by atoms with Crippen LogP contribution < -0.4 is 4.90 Å². The maximum absolute atomic E-state index is 13.7. The van der Waals surface area contributed by atoms with Crippen LogP contribution in [-0.4, -0.2) is 61.8 Å². The van der Waals surface area contributed by atoms with E-state index in [1.165, 1.54) is 22.6 Å². The molecule has 0 aliphatic carbocycles. The molecule has 0 saturated heterocycles. The van der Waals surface area contributed by atoms with Gasteiger partial charge in [0.1, 0.15) is 18.0 Å². The van der Waals surface area contributed by atoms with Gasteiger partial charge in [-0.2, -0.15) is 9.40 Å². The number of benzene rings is 1. The highest BCUT2D eigenvalue weighted by molar-refractivity contribution is 7.89. The molecule has 4 aromatic rings. The SMILES string of the molecule is CC(C)(C)OC(=O)N(CC(=O)O)c1cccc(CN(Cc2ccc(-n3cccn3)cc2)S(=O)(=O)c2ccccn2)n1. The number of pyridine rings is 2. The third-order valence-corrected chi connectivity index (χ3v) is 7.33. The first-order valence-corrected chi connectivity index (χ1v) is 14.0. The fraction of sp³-hybridized carbons (Fsp3) is 0.250. The number of carboxylic acid groups (broad SMARTS) is 1. The molecule has 0 radical (unpaired) electrons. The molecule has 0 bridgehead atoms. The van der Waals surface area contributed by atoms with Crippen molar-refractivity contribution in [3.63, 3.8) is 0 Å². The number of carboxylic acids is 1. The summed E-state index contributed by atoms with van der Waals surface area (Å²) in [5, 5.41) is 13.5. The standard InChI is InChI=1S/C28H30N6O6S/c1-28(2,3)40-27(37)33(20-26(35)36)24-9-6-8-22(31-24)19-32(41(38,39)25-10-4-5-15-29-25)18-21-11-13-23(14-12-21)34-17-7-16-30-34/h4-17H,18-20H2,1-3H3,(H,35,36). The molecular formula is C28H30N6O6S. The summed E-state index contributed by atoms with van der Waals surface area (Å²) < 4.78 is 35.6. The van der Waals surface area contributed by atoms with Crippen molar-refractivity contribution >= 4 is 27.9 Å². The quantitative estimate of drug-likeness (QED) is 0.296. The van der Waals surface area contributed by atoms with E-state index in [1.807, 2.05) is 12.1 Å². The van der Waals surface area contributed by atoms with Crippen LogP contribution in [0.15, 0.2) is 90.3 Å². The molecule has 1 amide bonds. The van der Waals surface area contributed by atoms with E-state index in [1.54, 1.807) is 80.3 Å². The molecule has 41 heavy (non-hydrogen) atoms. The molecule has 0 saturated carbocycles. The molecule has 4 rings (SSSR count). The van der Waals surface area contributed by atoms with Gasteiger partial charge in [0.15, 0.2) is 5.03 Å². The second-order valence-corrected chi connectivity index (χ2v) is 11.9. The zero-order chi connectivity index (χ0) is 29.6. The Bertz CT molecular complexity index is 1590. The van der Waals surface area contributed by atoms with Gasteiger partial charge >= 0.3 is 12.1 Å². The van der Waals surface area contributed by atoms with Crippen molar-refractivity contribution < 1.29 is 27.9 Å². The van der Waals surface area contributed by atoms with Crippen molar-refractivity contribution in [2.45, 2.75) is 44.5 Å². The van der Waals surface area contributed by atoms with Crippen molar-refractivity contribution in [1.82, 2.24) is 24.1 Å². The first-order valence-electron chi connectivity index (χ1n) is 12.6. The van der Waals surface area contributed by atoms with E-state index in [2.05, 4.69) is 15.1 Å². The van der Waals surface area contributed by atoms with Gasteiger partial charge in [-0.15, -0.1) is 0 Å². The van der Waals surface area contributed by atoms with Crippen LogP contribution in [0, 0.1) is 0 Å². The Labute approximate surface area is 237 Å². The highest BCUT2D eigenvalue weighted by Crippen LogP contribution is 2.22. The Morgan fingerprint density at radius 3 is 2.32 bits per heavy atom. The smallest absolute Gasteiger partial charge is 0.416 e. The van der Waals surface area contributed by atoms with Gasteiger partial charge in [0, 0.05) is 25.1 Å². The summed E-state index contributed by atoms with van der Waals surface area (Å²) >= 11 is 0. The number of hydrogen-bond acceptors (Lipinski definition) is 8. The predicted molar refractivity (Wildman–Crippen MR) is 150 cm³/mol. The number of carbonyl (C=O) groups excluding carboxylic acids is 1. The van der Waals surface area contributed by atoms with Crippen LogP contribution in [-0.2, 0) is 32.6 Å². The summed E-state index contributed by atoms with van der Waals surface area (Å²) in [6.07, 6.45) is 3.97. The second kappa shape index (κ2) is 12.3. The summed E-state index contributed by atoms with van der Waals surface area (Å²) in [6, 6.07) is 18.3. The van der Waals surface area contributed by atoms with E-state index in [-0.39, 0.29) is 29.6 Å². The number of carbonyl (C=O) groups is 2. The lowest BCUT2D eigenvalue weighted by molar-refractivity contribution is -0.135. The van der Waals surface area contributed by atoms with E-state index in [0.717, 1.165) is 10.6 Å². The molecule has 0 aliphatic rings. The van der Waals surface area contributed by atoms with Gasteiger partial charge in [-0.1, -0.05) is 24.3 Å². The van der Waals surface area contributed by atoms with E-state index >= 15 is 0 Å². The fourth-order valence-corrected chi connectivity index (χ4v) is 5.14. The lowest BCUT2D eigenvalue weighted by Crippen LogP contribution is -2.40. The van der Waals surface area contributed by atoms with Crippen LogP contribution in [0.5, 0.6) is 0 Å². The molecule has 0 spiro atoms. The summed E-state index contributed by atoms with van der Waals surface area (Å²) in [5.41, 5.74) is 0.936. The van der Waals surface area contributed by atoms with Gasteiger partial charge in [-0.25, -0.2) is 27.9 Å². The lowest BCUT2D eigenvalue weighted by Gasteiger charge is -2.26. The van der Waals surface area contributed by atoms with Crippen molar-refractivity contribution in [1.29, 1.82) is 0 Å². The summed E-state index contributed by atoms with van der Waals surface area (Å²) in [4.78, 5) is 33.7. The lowest BCUT2D eigenvalue weighted by atomic mass is 10.2. The number of nitrogens with zero attached hydrogens (tertiary/aromatic N) is 6. The minimum atomic E-state index is -4.08. The number of anilines is 1. The third kappa shape index (κ3) is 7.74. The Hall–Kier alpha value is -4.62. The molecule has 1 N–H and O–H groups in total. The van der Waals surface area contributed by atoms with Crippen LogP contribution in [0.2, 0.25) is 0 Å². The van der Waals surface area contributed by atoms with Gasteiger partial charge in [0.25, 0.3) is 10.0 Å². The minimum absolute atomic E-state index is 0.00485. The average molecular weight is 579 g/mol. The number of aliphatic carboxylic acids is 1. The first-order chi connectivity index (χ1) is 19.4. The zero-order valence-corrected chi connectivity index (χ0v) is 23.6. The Kier molecular flexibility index (Phi) is 8.79. The Balaban J connectivity index is 1.66. The number of aromatic nitrogens is 4. The largest absolute Gasteiger partial charge is 0.480 e. The molecular weight excluding hydrogens is 548 g/mol. The summed E-state index contributed by atoms with van der Waals surface area (Å²) in [6.45, 7) is 4.11. The van der Waals surface area contributed by atoms with Gasteiger partial charge in [-0.05, 0) is 68.8 Å². The maximum atomic E-state index is 13.7. The predicted octanol–water partition coefficient (Wildman–Crippen LogP) is 3.88. The monoisotopic (exact) mass is 578 g/mol. The molecule has 1 aromatic carbocycles. The number of hydrogen-bond donors (Lipinski definition) is 1. The van der Waals surface area contributed by atoms with Gasteiger partial charge in [0.05, 0.1) is 17.9 Å². The molecule has 3 heterocycles. The number of amides is 1. The zero-order valence-electron chi connectivity index (χ0n) is 22.8. The molecule has 13 heteroatoms. The van der Waals surface area contributed by atoms with Crippen LogP contribution in [0.4, 0.5) is 10.6 Å². The topological polar surface area (TPSA) is 148 Å². The molecule has 3 aromatic heterocycles. The maximum Gasteiger partial charge on any atom is 0.416 e. The summed E-state index contributed by atoms with van der Waals surface area (Å²) in [5.74, 6) is -1.25. The molecule has 12 nitrogen and oxygen atoms in total. The van der Waals surface area contributed by atoms with Crippen molar-refractivity contribution in [3.05, 3.63) is 96.6 Å². The molecule has 0 fully saturated rings. The molecule has 0 aliphatic heterocycles. The van der Waals surface area contributed by atoms with Crippen molar-refractivity contribution in [2.24, 2.45) is 0 Å². The van der Waals surface area contributed by atoms with Crippen LogP contribution in [0.1, 0.15) is 32.0 Å². The van der Waals surface area contributed by atoms with E-state index in [4.69, 9.17) is 4.74 Å². The molecule has 214 valence electrons. The van der Waals surface area contributed by atoms with E-state index in [0.29, 0.717) is 5.56 Å². The van der Waals surface area contributed by atoms with Crippen molar-refractivity contribution in [2.75, 3.05) is 11.4 Å². The average Bonchev–Trinajstić information content (AvgIpc) is 3.46. The first kappa shape index (κ1) is 29.4. The van der Waals surface area contributed by atoms with Gasteiger partial charge in [-0.3, -0.25) is 9.69 Å². The highest BCUT2D eigenvalue weighted by atomic mass is 32.2. The number of rotatable bonds is 10. The van der Waals surface area contributed by atoms with E-state index < -0.39 is 34.2 Å². The van der Waals surface area contributed by atoms with Crippen LogP contribution >= 0.6 is 0 Å². The Morgan fingerprint density at radius 1 is 0.951 bits per heavy atom. The van der Waals surface area contributed by atoms with Crippen molar-refractivity contribution in [3.8, 4) is 5.69 Å².